The highest BCUT2D eigenvalue weighted by Gasteiger charge is 2.18. The number of hydrogen-bond donors (Lipinski definition) is 1. The number of rotatable bonds is 5. The molecule has 0 atom stereocenters. The molecular formula is C10H20N2. The molecule has 1 rings (SSSR count). The van der Waals surface area contributed by atoms with Crippen molar-refractivity contribution in [3.8, 4) is 0 Å². The minimum Gasteiger partial charge on any atom is -0.316 e. The average molecular weight is 168 g/mol. The Kier molecular flexibility index (Phi) is 3.76. The van der Waals surface area contributed by atoms with E-state index in [-0.39, 0.29) is 0 Å². The molecule has 1 heterocycles. The maximum atomic E-state index is 3.94. The Hall–Kier alpha value is -0.340. The summed E-state index contributed by atoms with van der Waals surface area (Å²) in [5, 5.41) is 3.29. The summed E-state index contributed by atoms with van der Waals surface area (Å²) in [5.74, 6) is 0.879. The van der Waals surface area contributed by atoms with Gasteiger partial charge in [-0.3, -0.25) is 4.90 Å². The SMILES string of the molecule is C=C(C)CN(CC)CC1CNC1. The van der Waals surface area contributed by atoms with Gasteiger partial charge in [-0.1, -0.05) is 19.1 Å². The number of nitrogens with one attached hydrogen (secondary N) is 1. The maximum absolute atomic E-state index is 3.94. The Morgan fingerprint density at radius 2 is 2.25 bits per heavy atom. The van der Waals surface area contributed by atoms with Gasteiger partial charge in [0.1, 0.15) is 0 Å². The smallest absolute Gasteiger partial charge is 0.0187 e. The standard InChI is InChI=1S/C10H20N2/c1-4-12(7-9(2)3)8-10-5-11-6-10/h10-11H,2,4-8H2,1,3H3. The van der Waals surface area contributed by atoms with Crippen LogP contribution in [0.1, 0.15) is 13.8 Å². The first kappa shape index (κ1) is 9.75. The van der Waals surface area contributed by atoms with Gasteiger partial charge in [0.2, 0.25) is 0 Å². The lowest BCUT2D eigenvalue weighted by molar-refractivity contribution is 0.212. The highest BCUT2D eigenvalue weighted by Crippen LogP contribution is 2.06. The second-order valence-electron chi connectivity index (χ2n) is 3.81. The van der Waals surface area contributed by atoms with Crippen LogP contribution in [0.4, 0.5) is 0 Å². The van der Waals surface area contributed by atoms with Crippen LogP contribution in [0.15, 0.2) is 12.2 Å². The van der Waals surface area contributed by atoms with E-state index >= 15 is 0 Å². The lowest BCUT2D eigenvalue weighted by Gasteiger charge is -2.32. The summed E-state index contributed by atoms with van der Waals surface area (Å²) in [6.07, 6.45) is 0. The lowest BCUT2D eigenvalue weighted by atomic mass is 10.0. The van der Waals surface area contributed by atoms with Crippen molar-refractivity contribution in [2.75, 3.05) is 32.7 Å². The highest BCUT2D eigenvalue weighted by molar-refractivity contribution is 4.92. The fraction of sp³-hybridized carbons (Fsp3) is 0.800. The van der Waals surface area contributed by atoms with Crippen molar-refractivity contribution in [2.45, 2.75) is 13.8 Å². The van der Waals surface area contributed by atoms with Crippen LogP contribution >= 0.6 is 0 Å². The number of hydrogen-bond acceptors (Lipinski definition) is 2. The Bertz CT molecular complexity index is 150. The van der Waals surface area contributed by atoms with Crippen molar-refractivity contribution in [3.05, 3.63) is 12.2 Å². The van der Waals surface area contributed by atoms with Crippen LogP contribution in [0.2, 0.25) is 0 Å². The Labute approximate surface area is 75.6 Å². The summed E-state index contributed by atoms with van der Waals surface area (Å²) in [4.78, 5) is 2.47. The summed E-state index contributed by atoms with van der Waals surface area (Å²) in [5.41, 5.74) is 1.27. The molecule has 0 unspecified atom stereocenters. The summed E-state index contributed by atoms with van der Waals surface area (Å²) in [6.45, 7) is 14.1. The van der Waals surface area contributed by atoms with E-state index < -0.39 is 0 Å². The van der Waals surface area contributed by atoms with Crippen LogP contribution in [0.3, 0.4) is 0 Å². The highest BCUT2D eigenvalue weighted by atomic mass is 15.1. The quantitative estimate of drug-likeness (QED) is 0.619. The van der Waals surface area contributed by atoms with Gasteiger partial charge in [0.05, 0.1) is 0 Å². The van der Waals surface area contributed by atoms with Crippen molar-refractivity contribution in [1.82, 2.24) is 10.2 Å². The first-order chi connectivity index (χ1) is 5.72. The first-order valence-corrected chi connectivity index (χ1v) is 4.79. The van der Waals surface area contributed by atoms with Gasteiger partial charge in [-0.15, -0.1) is 0 Å². The summed E-state index contributed by atoms with van der Waals surface area (Å²) >= 11 is 0. The van der Waals surface area contributed by atoms with E-state index in [0.717, 1.165) is 19.0 Å². The van der Waals surface area contributed by atoms with E-state index in [1.807, 2.05) is 0 Å². The molecule has 1 aliphatic heterocycles. The monoisotopic (exact) mass is 168 g/mol. The van der Waals surface area contributed by atoms with Gasteiger partial charge >= 0.3 is 0 Å². The predicted octanol–water partition coefficient (Wildman–Crippen LogP) is 1.10. The minimum atomic E-state index is 0.879. The summed E-state index contributed by atoms with van der Waals surface area (Å²) in [6, 6.07) is 0. The molecule has 0 aromatic carbocycles. The molecule has 2 heteroatoms. The summed E-state index contributed by atoms with van der Waals surface area (Å²) < 4.78 is 0. The van der Waals surface area contributed by atoms with Gasteiger partial charge in [-0.25, -0.2) is 0 Å². The van der Waals surface area contributed by atoms with E-state index in [4.69, 9.17) is 0 Å². The Balaban J connectivity index is 2.19. The van der Waals surface area contributed by atoms with Crippen LogP contribution in [0.5, 0.6) is 0 Å². The molecule has 0 amide bonds. The molecule has 1 fully saturated rings. The fourth-order valence-electron chi connectivity index (χ4n) is 1.53. The zero-order valence-corrected chi connectivity index (χ0v) is 8.27. The minimum absolute atomic E-state index is 0.879. The van der Waals surface area contributed by atoms with E-state index in [1.165, 1.54) is 25.2 Å². The van der Waals surface area contributed by atoms with E-state index in [9.17, 15) is 0 Å². The summed E-state index contributed by atoms with van der Waals surface area (Å²) in [7, 11) is 0. The largest absolute Gasteiger partial charge is 0.316 e. The molecule has 12 heavy (non-hydrogen) atoms. The van der Waals surface area contributed by atoms with E-state index in [2.05, 4.69) is 30.6 Å². The molecule has 1 saturated heterocycles. The third-order valence-corrected chi connectivity index (χ3v) is 2.32. The second-order valence-corrected chi connectivity index (χ2v) is 3.81. The average Bonchev–Trinajstić information content (AvgIpc) is 1.93. The molecule has 0 aromatic rings. The third-order valence-electron chi connectivity index (χ3n) is 2.32. The topological polar surface area (TPSA) is 15.3 Å². The maximum Gasteiger partial charge on any atom is 0.0187 e. The molecule has 0 saturated carbocycles. The van der Waals surface area contributed by atoms with Crippen LogP contribution in [0, 0.1) is 5.92 Å². The van der Waals surface area contributed by atoms with Crippen molar-refractivity contribution in [2.24, 2.45) is 5.92 Å². The van der Waals surface area contributed by atoms with Gasteiger partial charge < -0.3 is 5.32 Å². The van der Waals surface area contributed by atoms with Crippen molar-refractivity contribution in [3.63, 3.8) is 0 Å². The Morgan fingerprint density at radius 1 is 1.58 bits per heavy atom. The molecular weight excluding hydrogens is 148 g/mol. The lowest BCUT2D eigenvalue weighted by Crippen LogP contribution is -2.48. The van der Waals surface area contributed by atoms with E-state index in [0.29, 0.717) is 0 Å². The number of nitrogens with zero attached hydrogens (tertiary/aromatic N) is 1. The molecule has 0 aliphatic carbocycles. The van der Waals surface area contributed by atoms with Crippen LogP contribution < -0.4 is 5.32 Å². The molecule has 2 nitrogen and oxygen atoms in total. The normalized spacial score (nSPS) is 17.9. The first-order valence-electron chi connectivity index (χ1n) is 4.79. The van der Waals surface area contributed by atoms with Gasteiger partial charge in [-0.2, -0.15) is 0 Å². The van der Waals surface area contributed by atoms with Gasteiger partial charge in [-0.05, 0) is 19.4 Å². The van der Waals surface area contributed by atoms with Crippen LogP contribution in [-0.4, -0.2) is 37.6 Å². The van der Waals surface area contributed by atoms with Crippen LogP contribution in [0.25, 0.3) is 0 Å². The van der Waals surface area contributed by atoms with Gasteiger partial charge in [0.25, 0.3) is 0 Å². The van der Waals surface area contributed by atoms with Crippen molar-refractivity contribution < 1.29 is 0 Å². The third kappa shape index (κ3) is 2.95. The molecule has 1 aliphatic rings. The molecule has 1 N–H and O–H groups in total. The van der Waals surface area contributed by atoms with Crippen LogP contribution in [-0.2, 0) is 0 Å². The molecule has 0 radical (unpaired) electrons. The molecule has 70 valence electrons. The fourth-order valence-corrected chi connectivity index (χ4v) is 1.53. The zero-order valence-electron chi connectivity index (χ0n) is 8.27. The Morgan fingerprint density at radius 3 is 2.58 bits per heavy atom. The van der Waals surface area contributed by atoms with Gasteiger partial charge in [0, 0.05) is 26.2 Å². The predicted molar refractivity (Wildman–Crippen MR) is 53.3 cm³/mol. The van der Waals surface area contributed by atoms with Crippen molar-refractivity contribution in [1.29, 1.82) is 0 Å². The van der Waals surface area contributed by atoms with Gasteiger partial charge in [0.15, 0.2) is 0 Å². The second kappa shape index (κ2) is 4.63. The van der Waals surface area contributed by atoms with E-state index in [1.54, 1.807) is 0 Å². The zero-order chi connectivity index (χ0) is 8.97. The molecule has 0 spiro atoms. The molecule has 0 bridgehead atoms. The molecule has 0 aromatic heterocycles. The number of likely N-dealkylation sites (N-methyl/N-ethyl adjacent to an activating group) is 1. The van der Waals surface area contributed by atoms with Crippen molar-refractivity contribution >= 4 is 0 Å².